The van der Waals surface area contributed by atoms with E-state index in [2.05, 4.69) is 54.0 Å². The summed E-state index contributed by atoms with van der Waals surface area (Å²) in [5.41, 5.74) is 1.34. The van der Waals surface area contributed by atoms with Crippen LogP contribution in [0.2, 0.25) is 0 Å². The first kappa shape index (κ1) is 16.5. The van der Waals surface area contributed by atoms with Gasteiger partial charge in [0.15, 0.2) is 0 Å². The Labute approximate surface area is 136 Å². The van der Waals surface area contributed by atoms with E-state index in [1.165, 1.54) is 17.0 Å². The largest absolute Gasteiger partial charge is 0.343 e. The number of piperidine rings is 1. The summed E-state index contributed by atoms with van der Waals surface area (Å²) in [4.78, 5) is 16.0. The Morgan fingerprint density at radius 3 is 2.81 bits per heavy atom. The molecule has 2 atom stereocenters. The first-order valence-electron chi connectivity index (χ1n) is 8.00. The Hall–Kier alpha value is -0.870. The SMILES string of the molecule is CCN(CC)C(=O)[C@@H]1CCC[NH+](Cc2cccc(Br)c2)C1. The summed E-state index contributed by atoms with van der Waals surface area (Å²) in [7, 11) is 0. The molecule has 1 aliphatic rings. The van der Waals surface area contributed by atoms with Crippen LogP contribution in [0, 0.1) is 5.92 Å². The van der Waals surface area contributed by atoms with Crippen molar-refractivity contribution in [2.45, 2.75) is 33.2 Å². The molecule has 0 spiro atoms. The van der Waals surface area contributed by atoms with E-state index in [0.29, 0.717) is 5.91 Å². The number of rotatable bonds is 5. The maximum Gasteiger partial charge on any atom is 0.231 e. The van der Waals surface area contributed by atoms with Gasteiger partial charge in [0.25, 0.3) is 0 Å². The van der Waals surface area contributed by atoms with Gasteiger partial charge in [-0.1, -0.05) is 28.1 Å². The molecule has 1 heterocycles. The van der Waals surface area contributed by atoms with Gasteiger partial charge in [0.2, 0.25) is 5.91 Å². The van der Waals surface area contributed by atoms with Crippen LogP contribution < -0.4 is 4.90 Å². The van der Waals surface area contributed by atoms with Crippen molar-refractivity contribution < 1.29 is 9.69 Å². The fourth-order valence-electron chi connectivity index (χ4n) is 3.25. The first-order chi connectivity index (χ1) is 10.1. The third-order valence-electron chi connectivity index (χ3n) is 4.39. The zero-order valence-electron chi connectivity index (χ0n) is 13.1. The van der Waals surface area contributed by atoms with E-state index in [1.807, 2.05) is 4.90 Å². The van der Waals surface area contributed by atoms with Crippen LogP contribution in [-0.4, -0.2) is 37.0 Å². The first-order valence-corrected chi connectivity index (χ1v) is 8.80. The zero-order valence-corrected chi connectivity index (χ0v) is 14.7. The van der Waals surface area contributed by atoms with E-state index in [-0.39, 0.29) is 5.92 Å². The third kappa shape index (κ3) is 4.55. The second-order valence-electron chi connectivity index (χ2n) is 5.86. The molecule has 0 saturated carbocycles. The molecule has 1 fully saturated rings. The van der Waals surface area contributed by atoms with E-state index < -0.39 is 0 Å². The summed E-state index contributed by atoms with van der Waals surface area (Å²) in [6.07, 6.45) is 2.21. The minimum atomic E-state index is 0.209. The Morgan fingerprint density at radius 2 is 2.14 bits per heavy atom. The Balaban J connectivity index is 1.96. The van der Waals surface area contributed by atoms with Crippen molar-refractivity contribution >= 4 is 21.8 Å². The summed E-state index contributed by atoms with van der Waals surface area (Å²) in [5.74, 6) is 0.562. The molecule has 1 unspecified atom stereocenters. The highest BCUT2D eigenvalue weighted by Gasteiger charge is 2.30. The number of hydrogen-bond acceptors (Lipinski definition) is 1. The molecule has 0 radical (unpaired) electrons. The van der Waals surface area contributed by atoms with Gasteiger partial charge in [0, 0.05) is 23.1 Å². The van der Waals surface area contributed by atoms with Gasteiger partial charge in [-0.25, -0.2) is 0 Å². The number of halogens is 1. The van der Waals surface area contributed by atoms with Crippen molar-refractivity contribution in [3.63, 3.8) is 0 Å². The van der Waals surface area contributed by atoms with Crippen molar-refractivity contribution in [2.24, 2.45) is 5.92 Å². The average molecular weight is 354 g/mol. The molecule has 4 heteroatoms. The van der Waals surface area contributed by atoms with Crippen LogP contribution in [0.3, 0.4) is 0 Å². The predicted molar refractivity (Wildman–Crippen MR) is 89.2 cm³/mol. The number of hydrogen-bond donors (Lipinski definition) is 1. The predicted octanol–water partition coefficient (Wildman–Crippen LogP) is 2.11. The number of carbonyl (C=O) groups excluding carboxylic acids is 1. The van der Waals surface area contributed by atoms with Crippen molar-refractivity contribution in [2.75, 3.05) is 26.2 Å². The average Bonchev–Trinajstić information content (AvgIpc) is 2.48. The van der Waals surface area contributed by atoms with Gasteiger partial charge in [-0.2, -0.15) is 0 Å². The number of amides is 1. The topological polar surface area (TPSA) is 24.8 Å². The highest BCUT2D eigenvalue weighted by Crippen LogP contribution is 2.13. The van der Waals surface area contributed by atoms with Gasteiger partial charge in [-0.15, -0.1) is 0 Å². The van der Waals surface area contributed by atoms with Gasteiger partial charge < -0.3 is 9.80 Å². The lowest BCUT2D eigenvalue weighted by Gasteiger charge is -2.32. The van der Waals surface area contributed by atoms with Crippen LogP contribution in [-0.2, 0) is 11.3 Å². The molecule has 1 amide bonds. The minimum Gasteiger partial charge on any atom is -0.343 e. The highest BCUT2D eigenvalue weighted by molar-refractivity contribution is 9.10. The van der Waals surface area contributed by atoms with Crippen molar-refractivity contribution in [3.8, 4) is 0 Å². The lowest BCUT2D eigenvalue weighted by Crippen LogP contribution is -3.12. The summed E-state index contributed by atoms with van der Waals surface area (Å²) < 4.78 is 1.13. The molecule has 1 N–H and O–H groups in total. The van der Waals surface area contributed by atoms with Crippen LogP contribution in [0.25, 0.3) is 0 Å². The molecule has 1 saturated heterocycles. The molecule has 1 aromatic carbocycles. The standard InChI is InChI=1S/C17H25BrN2O/c1-3-20(4-2)17(21)15-8-6-10-19(13-15)12-14-7-5-9-16(18)11-14/h5,7,9,11,15H,3-4,6,8,10,12-13H2,1-2H3/p+1/t15-/m1/s1. The molecular formula is C17H26BrN2O+. The molecule has 0 aliphatic carbocycles. The fourth-order valence-corrected chi connectivity index (χ4v) is 3.70. The van der Waals surface area contributed by atoms with Crippen LogP contribution in [0.5, 0.6) is 0 Å². The minimum absolute atomic E-state index is 0.209. The van der Waals surface area contributed by atoms with Crippen LogP contribution in [0.15, 0.2) is 28.7 Å². The van der Waals surface area contributed by atoms with E-state index in [9.17, 15) is 4.79 Å². The molecule has 0 aromatic heterocycles. The summed E-state index contributed by atoms with van der Waals surface area (Å²) in [6, 6.07) is 8.50. The second-order valence-corrected chi connectivity index (χ2v) is 6.78. The summed E-state index contributed by atoms with van der Waals surface area (Å²) in [5, 5.41) is 0. The highest BCUT2D eigenvalue weighted by atomic mass is 79.9. The Morgan fingerprint density at radius 1 is 1.38 bits per heavy atom. The lowest BCUT2D eigenvalue weighted by atomic mass is 9.96. The van der Waals surface area contributed by atoms with Gasteiger partial charge in [-0.05, 0) is 38.8 Å². The normalized spacial score (nSPS) is 22.0. The molecule has 1 aromatic rings. The molecular weight excluding hydrogens is 328 g/mol. The molecule has 21 heavy (non-hydrogen) atoms. The van der Waals surface area contributed by atoms with Crippen LogP contribution in [0.4, 0.5) is 0 Å². The number of benzene rings is 1. The number of likely N-dealkylation sites (tertiary alicyclic amines) is 1. The van der Waals surface area contributed by atoms with Crippen LogP contribution in [0.1, 0.15) is 32.3 Å². The molecule has 116 valence electrons. The Bertz CT molecular complexity index is 474. The number of nitrogens with zero attached hydrogens (tertiary/aromatic N) is 1. The number of carbonyl (C=O) groups is 1. The fraction of sp³-hybridized carbons (Fsp3) is 0.588. The summed E-state index contributed by atoms with van der Waals surface area (Å²) >= 11 is 3.53. The van der Waals surface area contributed by atoms with E-state index in [0.717, 1.165) is 43.5 Å². The van der Waals surface area contributed by atoms with Gasteiger partial charge in [0.05, 0.1) is 19.0 Å². The second kappa shape index (κ2) is 7.95. The quantitative estimate of drug-likeness (QED) is 0.861. The molecule has 0 bridgehead atoms. The van der Waals surface area contributed by atoms with Gasteiger partial charge in [0.1, 0.15) is 6.54 Å². The van der Waals surface area contributed by atoms with Gasteiger partial charge >= 0.3 is 0 Å². The zero-order chi connectivity index (χ0) is 15.2. The molecule has 2 rings (SSSR count). The monoisotopic (exact) mass is 353 g/mol. The van der Waals surface area contributed by atoms with Crippen LogP contribution >= 0.6 is 15.9 Å². The smallest absolute Gasteiger partial charge is 0.231 e. The number of nitrogens with one attached hydrogen (secondary N) is 1. The molecule has 3 nitrogen and oxygen atoms in total. The Kier molecular flexibility index (Phi) is 6.24. The lowest BCUT2D eigenvalue weighted by molar-refractivity contribution is -0.921. The molecule has 1 aliphatic heterocycles. The maximum absolute atomic E-state index is 12.5. The van der Waals surface area contributed by atoms with Crippen molar-refractivity contribution in [3.05, 3.63) is 34.3 Å². The summed E-state index contributed by atoms with van der Waals surface area (Å²) in [6.45, 7) is 8.95. The van der Waals surface area contributed by atoms with E-state index in [4.69, 9.17) is 0 Å². The van der Waals surface area contributed by atoms with Crippen molar-refractivity contribution in [1.82, 2.24) is 4.90 Å². The van der Waals surface area contributed by atoms with Gasteiger partial charge in [-0.3, -0.25) is 4.79 Å². The van der Waals surface area contributed by atoms with Crippen molar-refractivity contribution in [1.29, 1.82) is 0 Å². The third-order valence-corrected chi connectivity index (χ3v) is 4.88. The number of quaternary nitrogens is 1. The maximum atomic E-state index is 12.5. The van der Waals surface area contributed by atoms with E-state index in [1.54, 1.807) is 0 Å². The van der Waals surface area contributed by atoms with E-state index >= 15 is 0 Å².